The van der Waals surface area contributed by atoms with Crippen LogP contribution in [0.15, 0.2) is 30.3 Å². The first-order valence-electron chi connectivity index (χ1n) is 7.21. The third kappa shape index (κ3) is 3.41. The quantitative estimate of drug-likeness (QED) is 0.888. The first-order valence-corrected chi connectivity index (χ1v) is 8.26. The lowest BCUT2D eigenvalue weighted by Crippen LogP contribution is -2.26. The minimum atomic E-state index is 0.760. The average Bonchev–Trinajstić information content (AvgIpc) is 2.98. The Bertz CT molecular complexity index is 520. The minimum absolute atomic E-state index is 0.760. The summed E-state index contributed by atoms with van der Waals surface area (Å²) in [5.41, 5.74) is 3.07. The van der Waals surface area contributed by atoms with E-state index in [2.05, 4.69) is 44.6 Å². The predicted octanol–water partition coefficient (Wildman–Crippen LogP) is 2.85. The zero-order valence-corrected chi connectivity index (χ0v) is 12.3. The van der Waals surface area contributed by atoms with Gasteiger partial charge in [-0.3, -0.25) is 0 Å². The van der Waals surface area contributed by atoms with Crippen molar-refractivity contribution in [3.05, 3.63) is 36.0 Å². The summed E-state index contributed by atoms with van der Waals surface area (Å²) in [7, 11) is 0. The molecule has 3 rings (SSSR count). The number of rotatable bonds is 5. The van der Waals surface area contributed by atoms with Crippen LogP contribution in [0.1, 0.15) is 25.0 Å². The topological polar surface area (TPSA) is 53.6 Å². The van der Waals surface area contributed by atoms with Crippen molar-refractivity contribution < 1.29 is 0 Å². The number of hydrogen-bond acceptors (Lipinski definition) is 4. The fraction of sp³-hybridized carbons (Fsp3) is 0.467. The number of nitrogens with one attached hydrogen (secondary N) is 2. The first kappa shape index (κ1) is 13.6. The number of H-pyrrole nitrogens is 1. The van der Waals surface area contributed by atoms with Gasteiger partial charge in [-0.2, -0.15) is 27.2 Å². The van der Waals surface area contributed by atoms with Crippen molar-refractivity contribution in [2.24, 2.45) is 0 Å². The standard InChI is InChI=1S/C15H20N4S/c1-2-6-12(7-3-1)15-14(17-19-18-15)11-16-10-13-8-4-5-9-20-13/h1-3,6-7,13,16H,4-5,8-11H2,(H,17,18,19). The van der Waals surface area contributed by atoms with E-state index in [1.807, 2.05) is 18.2 Å². The van der Waals surface area contributed by atoms with Gasteiger partial charge in [-0.15, -0.1) is 0 Å². The van der Waals surface area contributed by atoms with Crippen LogP contribution in [0.4, 0.5) is 0 Å². The Morgan fingerprint density at radius 2 is 2.10 bits per heavy atom. The highest BCUT2D eigenvalue weighted by molar-refractivity contribution is 7.99. The molecule has 0 aliphatic carbocycles. The fourth-order valence-corrected chi connectivity index (χ4v) is 3.80. The molecule has 1 fully saturated rings. The van der Waals surface area contributed by atoms with Crippen LogP contribution in [0.5, 0.6) is 0 Å². The maximum atomic E-state index is 4.27. The SMILES string of the molecule is c1ccc(-c2n[nH]nc2CNCC2CCCCS2)cc1. The Morgan fingerprint density at radius 3 is 2.90 bits per heavy atom. The molecule has 1 aliphatic rings. The van der Waals surface area contributed by atoms with E-state index in [1.165, 1.54) is 25.0 Å². The maximum absolute atomic E-state index is 4.27. The van der Waals surface area contributed by atoms with Gasteiger partial charge in [0, 0.05) is 23.9 Å². The van der Waals surface area contributed by atoms with Crippen LogP contribution in [0.3, 0.4) is 0 Å². The highest BCUT2D eigenvalue weighted by atomic mass is 32.2. The van der Waals surface area contributed by atoms with Gasteiger partial charge in [0.1, 0.15) is 11.4 Å². The largest absolute Gasteiger partial charge is 0.310 e. The van der Waals surface area contributed by atoms with Gasteiger partial charge < -0.3 is 5.32 Å². The van der Waals surface area contributed by atoms with Crippen molar-refractivity contribution in [2.45, 2.75) is 31.1 Å². The number of hydrogen-bond donors (Lipinski definition) is 2. The van der Waals surface area contributed by atoms with Crippen molar-refractivity contribution in [2.75, 3.05) is 12.3 Å². The minimum Gasteiger partial charge on any atom is -0.310 e. The molecule has 1 aliphatic heterocycles. The maximum Gasteiger partial charge on any atom is 0.117 e. The van der Waals surface area contributed by atoms with Crippen LogP contribution in [-0.4, -0.2) is 33.0 Å². The van der Waals surface area contributed by atoms with E-state index < -0.39 is 0 Å². The fourth-order valence-electron chi connectivity index (χ4n) is 2.52. The molecular weight excluding hydrogens is 268 g/mol. The second kappa shape index (κ2) is 6.90. The molecule has 4 nitrogen and oxygen atoms in total. The summed E-state index contributed by atoms with van der Waals surface area (Å²) < 4.78 is 0. The van der Waals surface area contributed by atoms with Crippen molar-refractivity contribution in [1.29, 1.82) is 0 Å². The summed E-state index contributed by atoms with van der Waals surface area (Å²) in [5.74, 6) is 1.31. The summed E-state index contributed by atoms with van der Waals surface area (Å²) in [5, 5.41) is 15.6. The third-order valence-corrected chi connectivity index (χ3v) is 5.00. The lowest BCUT2D eigenvalue weighted by atomic mass is 10.1. The van der Waals surface area contributed by atoms with Crippen LogP contribution in [0, 0.1) is 0 Å². The number of aromatic amines is 1. The molecule has 106 valence electrons. The molecule has 1 unspecified atom stereocenters. The van der Waals surface area contributed by atoms with Crippen LogP contribution >= 0.6 is 11.8 Å². The van der Waals surface area contributed by atoms with Crippen molar-refractivity contribution in [3.8, 4) is 11.3 Å². The summed E-state index contributed by atoms with van der Waals surface area (Å²) in [6, 6.07) is 10.2. The molecule has 0 amide bonds. The van der Waals surface area contributed by atoms with E-state index >= 15 is 0 Å². The molecule has 1 aromatic heterocycles. The third-order valence-electron chi connectivity index (χ3n) is 3.61. The lowest BCUT2D eigenvalue weighted by Gasteiger charge is -2.21. The van der Waals surface area contributed by atoms with E-state index in [-0.39, 0.29) is 0 Å². The Balaban J connectivity index is 1.57. The Labute approximate surface area is 123 Å². The smallest absolute Gasteiger partial charge is 0.117 e. The summed E-state index contributed by atoms with van der Waals surface area (Å²) >= 11 is 2.09. The van der Waals surface area contributed by atoms with Gasteiger partial charge in [-0.1, -0.05) is 36.8 Å². The monoisotopic (exact) mass is 288 g/mol. The van der Waals surface area contributed by atoms with Crippen LogP contribution in [0.25, 0.3) is 11.3 Å². The van der Waals surface area contributed by atoms with Gasteiger partial charge in [0.2, 0.25) is 0 Å². The van der Waals surface area contributed by atoms with Gasteiger partial charge in [-0.05, 0) is 18.6 Å². The Hall–Kier alpha value is -1.33. The normalized spacial score (nSPS) is 19.1. The Kier molecular flexibility index (Phi) is 4.71. The van der Waals surface area contributed by atoms with E-state index in [1.54, 1.807) is 0 Å². The molecule has 2 heterocycles. The van der Waals surface area contributed by atoms with Gasteiger partial charge in [-0.25, -0.2) is 0 Å². The summed E-state index contributed by atoms with van der Waals surface area (Å²) in [6.07, 6.45) is 4.09. The number of benzene rings is 1. The Morgan fingerprint density at radius 1 is 1.20 bits per heavy atom. The molecule has 2 N–H and O–H groups in total. The van der Waals surface area contributed by atoms with Crippen LogP contribution in [-0.2, 0) is 6.54 Å². The molecule has 0 bridgehead atoms. The van der Waals surface area contributed by atoms with E-state index in [4.69, 9.17) is 0 Å². The van der Waals surface area contributed by atoms with Gasteiger partial charge in [0.05, 0.1) is 0 Å². The van der Waals surface area contributed by atoms with E-state index in [0.29, 0.717) is 0 Å². The van der Waals surface area contributed by atoms with Crippen molar-refractivity contribution >= 4 is 11.8 Å². The van der Waals surface area contributed by atoms with E-state index in [9.17, 15) is 0 Å². The molecule has 1 saturated heterocycles. The molecule has 1 aromatic carbocycles. The second-order valence-corrected chi connectivity index (χ2v) is 6.51. The average molecular weight is 288 g/mol. The van der Waals surface area contributed by atoms with Gasteiger partial charge in [0.25, 0.3) is 0 Å². The molecular formula is C15H20N4S. The zero-order chi connectivity index (χ0) is 13.6. The van der Waals surface area contributed by atoms with Crippen molar-refractivity contribution in [1.82, 2.24) is 20.7 Å². The highest BCUT2D eigenvalue weighted by Gasteiger charge is 2.14. The molecule has 1 atom stereocenters. The molecule has 0 radical (unpaired) electrons. The molecule has 5 heteroatoms. The van der Waals surface area contributed by atoms with Crippen LogP contribution < -0.4 is 5.32 Å². The second-order valence-electron chi connectivity index (χ2n) is 5.10. The van der Waals surface area contributed by atoms with Gasteiger partial charge in [0.15, 0.2) is 0 Å². The summed E-state index contributed by atoms with van der Waals surface area (Å²) in [4.78, 5) is 0. The van der Waals surface area contributed by atoms with E-state index in [0.717, 1.165) is 35.3 Å². The number of nitrogens with zero attached hydrogens (tertiary/aromatic N) is 2. The molecule has 0 saturated carbocycles. The van der Waals surface area contributed by atoms with Crippen molar-refractivity contribution in [3.63, 3.8) is 0 Å². The lowest BCUT2D eigenvalue weighted by molar-refractivity contribution is 0.593. The van der Waals surface area contributed by atoms with Crippen LogP contribution in [0.2, 0.25) is 0 Å². The number of aromatic nitrogens is 3. The first-order chi connectivity index (χ1) is 9.93. The molecule has 20 heavy (non-hydrogen) atoms. The zero-order valence-electron chi connectivity index (χ0n) is 11.5. The predicted molar refractivity (Wildman–Crippen MR) is 83.6 cm³/mol. The number of thioether (sulfide) groups is 1. The summed E-state index contributed by atoms with van der Waals surface area (Å²) in [6.45, 7) is 1.84. The highest BCUT2D eigenvalue weighted by Crippen LogP contribution is 2.24. The van der Waals surface area contributed by atoms with Gasteiger partial charge >= 0.3 is 0 Å². The molecule has 2 aromatic rings. The molecule has 0 spiro atoms.